The quantitative estimate of drug-likeness (QED) is 0.888. The molecule has 24 heavy (non-hydrogen) atoms. The van der Waals surface area contributed by atoms with Gasteiger partial charge in [0.15, 0.2) is 17.3 Å². The van der Waals surface area contributed by atoms with Gasteiger partial charge in [-0.1, -0.05) is 5.16 Å². The molecule has 1 aliphatic heterocycles. The third-order valence-corrected chi connectivity index (χ3v) is 4.32. The lowest BCUT2D eigenvalue weighted by molar-refractivity contribution is 0.0935. The van der Waals surface area contributed by atoms with E-state index in [1.54, 1.807) is 13.0 Å². The number of anilines is 1. The Kier molecular flexibility index (Phi) is 3.59. The van der Waals surface area contributed by atoms with Gasteiger partial charge in [0, 0.05) is 18.7 Å². The maximum absolute atomic E-state index is 12.6. The first-order valence-electron chi connectivity index (χ1n) is 8.27. The third kappa shape index (κ3) is 2.79. The summed E-state index contributed by atoms with van der Waals surface area (Å²) in [5.41, 5.74) is 1.12. The summed E-state index contributed by atoms with van der Waals surface area (Å²) in [6.45, 7) is 2.47. The van der Waals surface area contributed by atoms with Crippen LogP contribution in [-0.2, 0) is 13.0 Å². The number of carbonyl (C=O) groups excluding carboxylic acids is 2. The Hall–Kier alpha value is -2.64. The minimum atomic E-state index is -0.362. The van der Waals surface area contributed by atoms with Crippen molar-refractivity contribution < 1.29 is 14.1 Å². The first-order chi connectivity index (χ1) is 11.6. The van der Waals surface area contributed by atoms with Gasteiger partial charge in [-0.05, 0) is 39.0 Å². The maximum Gasteiger partial charge on any atom is 0.287 e. The predicted molar refractivity (Wildman–Crippen MR) is 84.8 cm³/mol. The number of aryl methyl sites for hydroxylation is 1. The second-order valence-electron chi connectivity index (χ2n) is 6.36. The van der Waals surface area contributed by atoms with Crippen LogP contribution in [0, 0.1) is 6.92 Å². The van der Waals surface area contributed by atoms with Crippen molar-refractivity contribution in [1.82, 2.24) is 20.0 Å². The van der Waals surface area contributed by atoms with E-state index in [-0.39, 0.29) is 17.9 Å². The normalized spacial score (nSPS) is 16.5. The van der Waals surface area contributed by atoms with Gasteiger partial charge in [0.05, 0.1) is 5.69 Å². The topological polar surface area (TPSA) is 102 Å². The van der Waals surface area contributed by atoms with Crippen molar-refractivity contribution in [3.8, 4) is 0 Å². The fourth-order valence-corrected chi connectivity index (χ4v) is 2.98. The van der Waals surface area contributed by atoms with E-state index in [2.05, 4.69) is 20.8 Å². The first kappa shape index (κ1) is 14.9. The van der Waals surface area contributed by atoms with Crippen LogP contribution in [0.1, 0.15) is 58.2 Å². The SMILES string of the molecule is Cc1cc(NC(=O)c2nc(C(=O)NC3CC3)n3c2CCCC3)no1. The van der Waals surface area contributed by atoms with Crippen LogP contribution in [0.2, 0.25) is 0 Å². The number of imidazole rings is 1. The molecule has 1 fully saturated rings. The minimum absolute atomic E-state index is 0.197. The highest BCUT2D eigenvalue weighted by Crippen LogP contribution is 2.24. The molecule has 1 saturated carbocycles. The van der Waals surface area contributed by atoms with Crippen molar-refractivity contribution in [3.05, 3.63) is 29.0 Å². The van der Waals surface area contributed by atoms with E-state index in [4.69, 9.17) is 4.52 Å². The molecule has 8 heteroatoms. The summed E-state index contributed by atoms with van der Waals surface area (Å²) in [7, 11) is 0. The minimum Gasteiger partial charge on any atom is -0.360 e. The molecule has 2 aliphatic rings. The Morgan fingerprint density at radius 3 is 2.83 bits per heavy atom. The molecule has 126 valence electrons. The number of fused-ring (bicyclic) bond motifs is 1. The summed E-state index contributed by atoms with van der Waals surface area (Å²) in [5.74, 6) is 0.732. The van der Waals surface area contributed by atoms with Crippen LogP contribution in [0.3, 0.4) is 0 Å². The van der Waals surface area contributed by atoms with Crippen LogP contribution in [0.4, 0.5) is 5.82 Å². The highest BCUT2D eigenvalue weighted by molar-refractivity contribution is 6.04. The van der Waals surface area contributed by atoms with Gasteiger partial charge in [0.2, 0.25) is 0 Å². The number of carbonyl (C=O) groups is 2. The van der Waals surface area contributed by atoms with Crippen LogP contribution in [0.15, 0.2) is 10.6 Å². The fourth-order valence-electron chi connectivity index (χ4n) is 2.98. The molecule has 0 unspecified atom stereocenters. The number of aromatic nitrogens is 3. The van der Waals surface area contributed by atoms with Gasteiger partial charge < -0.3 is 19.7 Å². The van der Waals surface area contributed by atoms with Crippen molar-refractivity contribution >= 4 is 17.6 Å². The van der Waals surface area contributed by atoms with Crippen LogP contribution < -0.4 is 10.6 Å². The molecule has 8 nitrogen and oxygen atoms in total. The van der Waals surface area contributed by atoms with E-state index in [1.165, 1.54) is 0 Å². The summed E-state index contributed by atoms with van der Waals surface area (Å²) in [5, 5.41) is 9.39. The lowest BCUT2D eigenvalue weighted by atomic mass is 10.1. The molecule has 2 amide bonds. The summed E-state index contributed by atoms with van der Waals surface area (Å²) in [4.78, 5) is 29.3. The lowest BCUT2D eigenvalue weighted by Gasteiger charge is -2.16. The molecule has 2 aromatic rings. The average molecular weight is 329 g/mol. The molecule has 0 radical (unpaired) electrons. The van der Waals surface area contributed by atoms with Crippen LogP contribution in [0.5, 0.6) is 0 Å². The number of hydrogen-bond donors (Lipinski definition) is 2. The van der Waals surface area contributed by atoms with Gasteiger partial charge >= 0.3 is 0 Å². The summed E-state index contributed by atoms with van der Waals surface area (Å²) < 4.78 is 6.83. The Morgan fingerprint density at radius 1 is 1.29 bits per heavy atom. The van der Waals surface area contributed by atoms with Crippen molar-refractivity contribution in [2.75, 3.05) is 5.32 Å². The van der Waals surface area contributed by atoms with Crippen LogP contribution in [0.25, 0.3) is 0 Å². The highest BCUT2D eigenvalue weighted by atomic mass is 16.5. The average Bonchev–Trinajstić information content (AvgIpc) is 3.15. The van der Waals surface area contributed by atoms with Crippen molar-refractivity contribution in [2.24, 2.45) is 0 Å². The second-order valence-corrected chi connectivity index (χ2v) is 6.36. The molecule has 0 bridgehead atoms. The van der Waals surface area contributed by atoms with Gasteiger partial charge in [-0.3, -0.25) is 9.59 Å². The Bertz CT molecular complexity index is 803. The largest absolute Gasteiger partial charge is 0.360 e. The Morgan fingerprint density at radius 2 is 2.12 bits per heavy atom. The Balaban J connectivity index is 1.63. The number of nitrogens with zero attached hydrogens (tertiary/aromatic N) is 3. The summed E-state index contributed by atoms with van der Waals surface area (Å²) in [6.07, 6.45) is 4.73. The van der Waals surface area contributed by atoms with Crippen molar-refractivity contribution in [3.63, 3.8) is 0 Å². The van der Waals surface area contributed by atoms with Crippen LogP contribution >= 0.6 is 0 Å². The molecule has 1 aliphatic carbocycles. The van der Waals surface area contributed by atoms with E-state index in [9.17, 15) is 9.59 Å². The monoisotopic (exact) mass is 329 g/mol. The van der Waals surface area contributed by atoms with E-state index >= 15 is 0 Å². The van der Waals surface area contributed by atoms with Gasteiger partial charge in [0.1, 0.15) is 5.76 Å². The zero-order chi connectivity index (χ0) is 16.7. The zero-order valence-corrected chi connectivity index (χ0v) is 13.5. The summed E-state index contributed by atoms with van der Waals surface area (Å²) in [6, 6.07) is 1.89. The van der Waals surface area contributed by atoms with Crippen molar-refractivity contribution in [2.45, 2.75) is 51.6 Å². The molecule has 0 aromatic carbocycles. The smallest absolute Gasteiger partial charge is 0.287 e. The molecule has 3 heterocycles. The van der Waals surface area contributed by atoms with E-state index in [1.807, 2.05) is 4.57 Å². The standard InChI is InChI=1S/C16H19N5O3/c1-9-8-12(20-24-9)18-15(22)13-11-4-2-3-7-21(11)14(19-13)16(23)17-10-5-6-10/h8,10H,2-7H2,1H3,(H,17,23)(H,18,20,22). The zero-order valence-electron chi connectivity index (χ0n) is 13.5. The maximum atomic E-state index is 12.6. The van der Waals surface area contributed by atoms with E-state index in [0.717, 1.165) is 37.8 Å². The van der Waals surface area contributed by atoms with E-state index in [0.29, 0.717) is 29.6 Å². The number of rotatable bonds is 4. The molecule has 0 spiro atoms. The van der Waals surface area contributed by atoms with Crippen molar-refractivity contribution in [1.29, 1.82) is 0 Å². The molecular weight excluding hydrogens is 310 g/mol. The fraction of sp³-hybridized carbons (Fsp3) is 0.500. The molecule has 2 N–H and O–H groups in total. The summed E-state index contributed by atoms with van der Waals surface area (Å²) >= 11 is 0. The first-order valence-corrected chi connectivity index (χ1v) is 8.27. The van der Waals surface area contributed by atoms with Crippen LogP contribution in [-0.4, -0.2) is 32.6 Å². The predicted octanol–water partition coefficient (Wildman–Crippen LogP) is 1.66. The number of hydrogen-bond acceptors (Lipinski definition) is 5. The number of nitrogens with one attached hydrogen (secondary N) is 2. The third-order valence-electron chi connectivity index (χ3n) is 4.32. The van der Waals surface area contributed by atoms with Gasteiger partial charge in [0.25, 0.3) is 11.8 Å². The Labute approximate surface area is 138 Å². The number of amides is 2. The highest BCUT2D eigenvalue weighted by Gasteiger charge is 2.30. The molecular formula is C16H19N5O3. The van der Waals surface area contributed by atoms with Gasteiger partial charge in [-0.25, -0.2) is 4.98 Å². The van der Waals surface area contributed by atoms with Gasteiger partial charge in [-0.2, -0.15) is 0 Å². The molecule has 4 rings (SSSR count). The molecule has 2 aromatic heterocycles. The molecule has 0 atom stereocenters. The second kappa shape index (κ2) is 5.77. The lowest BCUT2D eigenvalue weighted by Crippen LogP contribution is -2.29. The van der Waals surface area contributed by atoms with Gasteiger partial charge in [-0.15, -0.1) is 0 Å². The van der Waals surface area contributed by atoms with E-state index < -0.39 is 0 Å². The molecule has 0 saturated heterocycles.